The molecule has 0 radical (unpaired) electrons. The molecule has 4 N–H and O–H groups in total. The van der Waals surface area contributed by atoms with E-state index in [1.54, 1.807) is 0 Å². The molecule has 4 rings (SSSR count). The van der Waals surface area contributed by atoms with E-state index in [-0.39, 0.29) is 5.41 Å². The van der Waals surface area contributed by atoms with Gasteiger partial charge in [0, 0.05) is 23.2 Å². The van der Waals surface area contributed by atoms with Crippen molar-refractivity contribution in [3.05, 3.63) is 77.4 Å². The number of hydrogen-bond acceptors (Lipinski definition) is 2. The molecule has 3 aromatic rings. The van der Waals surface area contributed by atoms with E-state index in [0.29, 0.717) is 6.54 Å². The van der Waals surface area contributed by atoms with Gasteiger partial charge in [-0.1, -0.05) is 94.1 Å². The lowest BCUT2D eigenvalue weighted by atomic mass is 9.68. The number of fused-ring (bicyclic) bond motifs is 3. The van der Waals surface area contributed by atoms with Crippen molar-refractivity contribution in [2.24, 2.45) is 5.73 Å². The van der Waals surface area contributed by atoms with E-state index in [4.69, 9.17) is 11.5 Å². The van der Waals surface area contributed by atoms with Crippen molar-refractivity contribution in [2.75, 3.05) is 5.73 Å². The van der Waals surface area contributed by atoms with E-state index in [0.717, 1.165) is 11.3 Å². The van der Waals surface area contributed by atoms with Crippen molar-refractivity contribution in [3.8, 4) is 22.3 Å². The molecular formula is C28H34N2. The largest absolute Gasteiger partial charge is 0.398 e. The van der Waals surface area contributed by atoms with Gasteiger partial charge in [-0.05, 0) is 52.3 Å². The molecule has 0 fully saturated rings. The summed E-state index contributed by atoms with van der Waals surface area (Å²) < 4.78 is 0. The van der Waals surface area contributed by atoms with Crippen LogP contribution in [0.1, 0.15) is 69.1 Å². The van der Waals surface area contributed by atoms with Crippen LogP contribution in [0.5, 0.6) is 0 Å². The van der Waals surface area contributed by atoms with Crippen LogP contribution in [0, 0.1) is 0 Å². The molecule has 156 valence electrons. The highest BCUT2D eigenvalue weighted by Gasteiger charge is 2.44. The summed E-state index contributed by atoms with van der Waals surface area (Å²) in [5, 5.41) is 0. The SMILES string of the molecule is CCCCC1(CCCC)c2ccccc2-c2ccc(N)c(-c3ccc(CN)cc3)c21. The van der Waals surface area contributed by atoms with Crippen molar-refractivity contribution in [2.45, 2.75) is 64.3 Å². The fourth-order valence-electron chi connectivity index (χ4n) is 5.33. The van der Waals surface area contributed by atoms with Gasteiger partial charge in [0.05, 0.1) is 0 Å². The van der Waals surface area contributed by atoms with Gasteiger partial charge in [-0.2, -0.15) is 0 Å². The maximum Gasteiger partial charge on any atom is 0.0397 e. The van der Waals surface area contributed by atoms with Crippen molar-refractivity contribution >= 4 is 5.69 Å². The van der Waals surface area contributed by atoms with Gasteiger partial charge in [-0.15, -0.1) is 0 Å². The molecule has 0 unspecified atom stereocenters. The maximum absolute atomic E-state index is 6.68. The molecule has 1 aliphatic carbocycles. The lowest BCUT2D eigenvalue weighted by Gasteiger charge is -2.34. The van der Waals surface area contributed by atoms with Crippen molar-refractivity contribution < 1.29 is 0 Å². The summed E-state index contributed by atoms with van der Waals surface area (Å²) in [7, 11) is 0. The van der Waals surface area contributed by atoms with Crippen LogP contribution in [-0.4, -0.2) is 0 Å². The molecule has 0 amide bonds. The Kier molecular flexibility index (Phi) is 5.97. The molecule has 0 bridgehead atoms. The molecule has 0 aromatic heterocycles. The Labute approximate surface area is 181 Å². The molecule has 0 spiro atoms. The first kappa shape index (κ1) is 20.7. The van der Waals surface area contributed by atoms with Crippen LogP contribution in [-0.2, 0) is 12.0 Å². The number of anilines is 1. The van der Waals surface area contributed by atoms with E-state index in [1.165, 1.54) is 71.9 Å². The number of benzene rings is 3. The van der Waals surface area contributed by atoms with E-state index < -0.39 is 0 Å². The van der Waals surface area contributed by atoms with Gasteiger partial charge in [0.15, 0.2) is 0 Å². The van der Waals surface area contributed by atoms with Gasteiger partial charge in [0.25, 0.3) is 0 Å². The smallest absolute Gasteiger partial charge is 0.0397 e. The molecule has 3 aromatic carbocycles. The van der Waals surface area contributed by atoms with Crippen molar-refractivity contribution in [3.63, 3.8) is 0 Å². The van der Waals surface area contributed by atoms with E-state index >= 15 is 0 Å². The lowest BCUT2D eigenvalue weighted by molar-refractivity contribution is 0.415. The highest BCUT2D eigenvalue weighted by Crippen LogP contribution is 2.57. The van der Waals surface area contributed by atoms with E-state index in [2.05, 4.69) is 74.5 Å². The zero-order valence-electron chi connectivity index (χ0n) is 18.4. The third-order valence-electron chi connectivity index (χ3n) is 6.84. The number of hydrogen-bond donors (Lipinski definition) is 2. The average Bonchev–Trinajstić information content (AvgIpc) is 3.06. The van der Waals surface area contributed by atoms with Crippen LogP contribution >= 0.6 is 0 Å². The number of nitrogens with two attached hydrogens (primary N) is 2. The standard InChI is InChI=1S/C28H34N2/c1-3-5-17-28(18-6-4-2)24-10-8-7-9-22(24)23-15-16-25(30)26(27(23)28)21-13-11-20(19-29)12-14-21/h7-16H,3-6,17-19,29-30H2,1-2H3. The number of rotatable bonds is 8. The first-order chi connectivity index (χ1) is 14.7. The fourth-order valence-corrected chi connectivity index (χ4v) is 5.33. The van der Waals surface area contributed by atoms with E-state index in [9.17, 15) is 0 Å². The molecule has 0 heterocycles. The normalized spacial score (nSPS) is 13.8. The zero-order valence-corrected chi connectivity index (χ0v) is 18.4. The highest BCUT2D eigenvalue weighted by atomic mass is 14.6. The second-order valence-corrected chi connectivity index (χ2v) is 8.69. The van der Waals surface area contributed by atoms with Crippen molar-refractivity contribution in [1.29, 1.82) is 0 Å². The summed E-state index contributed by atoms with van der Waals surface area (Å²) in [6.07, 6.45) is 7.19. The Morgan fingerprint density at radius 3 is 2.07 bits per heavy atom. The third kappa shape index (κ3) is 3.33. The minimum Gasteiger partial charge on any atom is -0.398 e. The molecule has 0 saturated carbocycles. The molecule has 0 aliphatic heterocycles. The monoisotopic (exact) mass is 398 g/mol. The predicted molar refractivity (Wildman–Crippen MR) is 129 cm³/mol. The average molecular weight is 399 g/mol. The Balaban J connectivity index is 2.01. The van der Waals surface area contributed by atoms with Crippen LogP contribution in [0.2, 0.25) is 0 Å². The second kappa shape index (κ2) is 8.65. The molecular weight excluding hydrogens is 364 g/mol. The number of unbranched alkanes of at least 4 members (excludes halogenated alkanes) is 2. The molecule has 2 nitrogen and oxygen atoms in total. The number of nitrogen functional groups attached to an aromatic ring is 1. The summed E-state index contributed by atoms with van der Waals surface area (Å²) in [4.78, 5) is 0. The van der Waals surface area contributed by atoms with Gasteiger partial charge in [-0.3, -0.25) is 0 Å². The summed E-state index contributed by atoms with van der Waals surface area (Å²) in [6.45, 7) is 5.15. The molecule has 1 aliphatic rings. The Hall–Kier alpha value is -2.58. The Morgan fingerprint density at radius 1 is 0.767 bits per heavy atom. The van der Waals surface area contributed by atoms with Gasteiger partial charge < -0.3 is 11.5 Å². The highest BCUT2D eigenvalue weighted by molar-refractivity contribution is 5.93. The minimum atomic E-state index is 0.0369. The van der Waals surface area contributed by atoms with Gasteiger partial charge >= 0.3 is 0 Å². The predicted octanol–water partition coefficient (Wildman–Crippen LogP) is 7.04. The lowest BCUT2D eigenvalue weighted by Crippen LogP contribution is -2.26. The first-order valence-electron chi connectivity index (χ1n) is 11.5. The molecule has 30 heavy (non-hydrogen) atoms. The summed E-state index contributed by atoms with van der Waals surface area (Å²) >= 11 is 0. The van der Waals surface area contributed by atoms with Crippen LogP contribution < -0.4 is 11.5 Å². The Morgan fingerprint density at radius 2 is 1.43 bits per heavy atom. The van der Waals surface area contributed by atoms with Crippen molar-refractivity contribution in [1.82, 2.24) is 0 Å². The van der Waals surface area contributed by atoms with Gasteiger partial charge in [-0.25, -0.2) is 0 Å². The zero-order chi connectivity index (χ0) is 21.1. The molecule has 2 heteroatoms. The maximum atomic E-state index is 6.68. The van der Waals surface area contributed by atoms with Crippen LogP contribution in [0.3, 0.4) is 0 Å². The summed E-state index contributed by atoms with van der Waals surface area (Å²) in [5.41, 5.74) is 22.7. The fraction of sp³-hybridized carbons (Fsp3) is 0.357. The van der Waals surface area contributed by atoms with Crippen LogP contribution in [0.25, 0.3) is 22.3 Å². The quantitative estimate of drug-likeness (QED) is 0.400. The second-order valence-electron chi connectivity index (χ2n) is 8.69. The van der Waals surface area contributed by atoms with Gasteiger partial charge in [0.1, 0.15) is 0 Å². The van der Waals surface area contributed by atoms with Crippen LogP contribution in [0.15, 0.2) is 60.7 Å². The van der Waals surface area contributed by atoms with Crippen LogP contribution in [0.4, 0.5) is 5.69 Å². The third-order valence-corrected chi connectivity index (χ3v) is 6.84. The van der Waals surface area contributed by atoms with Gasteiger partial charge in [0.2, 0.25) is 0 Å². The molecule has 0 atom stereocenters. The van der Waals surface area contributed by atoms with E-state index in [1.807, 2.05) is 0 Å². The minimum absolute atomic E-state index is 0.0369. The summed E-state index contributed by atoms with van der Waals surface area (Å²) in [6, 6.07) is 22.0. The Bertz CT molecular complexity index is 1010. The topological polar surface area (TPSA) is 52.0 Å². The summed E-state index contributed by atoms with van der Waals surface area (Å²) in [5.74, 6) is 0. The molecule has 0 saturated heterocycles. The first-order valence-corrected chi connectivity index (χ1v) is 11.5.